The molecule has 0 spiro atoms. The summed E-state index contributed by atoms with van der Waals surface area (Å²) in [6, 6.07) is 5.27. The summed E-state index contributed by atoms with van der Waals surface area (Å²) in [6.07, 6.45) is 2.79. The van der Waals surface area contributed by atoms with E-state index in [0.29, 0.717) is 18.6 Å². The number of nitrogens with two attached hydrogens (primary N) is 1. The van der Waals surface area contributed by atoms with Crippen LogP contribution in [0.2, 0.25) is 0 Å². The molecule has 17 heavy (non-hydrogen) atoms. The predicted octanol–water partition coefficient (Wildman–Crippen LogP) is 3.63. The van der Waals surface area contributed by atoms with Gasteiger partial charge in [0.05, 0.1) is 9.83 Å². The SMILES string of the molecule is CC(C)N(CC1CC1)C(CN)c1ccc(Br)s1. The van der Waals surface area contributed by atoms with Crippen molar-refractivity contribution in [2.75, 3.05) is 13.1 Å². The van der Waals surface area contributed by atoms with Crippen LogP contribution in [0.25, 0.3) is 0 Å². The summed E-state index contributed by atoms with van der Waals surface area (Å²) in [6.45, 7) is 6.45. The smallest absolute Gasteiger partial charge is 0.0702 e. The van der Waals surface area contributed by atoms with Crippen LogP contribution < -0.4 is 5.73 Å². The molecule has 1 saturated carbocycles. The minimum Gasteiger partial charge on any atom is -0.329 e. The molecular formula is C13H21BrN2S. The zero-order chi connectivity index (χ0) is 12.4. The predicted molar refractivity (Wildman–Crippen MR) is 78.4 cm³/mol. The topological polar surface area (TPSA) is 29.3 Å². The fourth-order valence-electron chi connectivity index (χ4n) is 2.22. The second kappa shape index (κ2) is 5.83. The molecular weight excluding hydrogens is 296 g/mol. The second-order valence-corrected chi connectivity index (χ2v) is 7.62. The summed E-state index contributed by atoms with van der Waals surface area (Å²) in [5, 5.41) is 0. The molecule has 1 heterocycles. The van der Waals surface area contributed by atoms with Gasteiger partial charge in [-0.1, -0.05) is 0 Å². The first-order chi connectivity index (χ1) is 8.11. The monoisotopic (exact) mass is 316 g/mol. The van der Waals surface area contributed by atoms with Gasteiger partial charge in [0.1, 0.15) is 0 Å². The Morgan fingerprint density at radius 1 is 1.47 bits per heavy atom. The van der Waals surface area contributed by atoms with E-state index in [-0.39, 0.29) is 0 Å². The number of nitrogens with zero attached hydrogens (tertiary/aromatic N) is 1. The third-order valence-corrected chi connectivity index (χ3v) is 5.10. The third-order valence-electron chi connectivity index (χ3n) is 3.38. The van der Waals surface area contributed by atoms with Gasteiger partial charge < -0.3 is 5.73 Å². The van der Waals surface area contributed by atoms with E-state index in [2.05, 4.69) is 46.8 Å². The highest BCUT2D eigenvalue weighted by molar-refractivity contribution is 9.11. The molecule has 0 amide bonds. The number of thiophene rings is 1. The minimum absolute atomic E-state index is 0.381. The molecule has 1 aromatic heterocycles. The minimum atomic E-state index is 0.381. The van der Waals surface area contributed by atoms with Crippen molar-refractivity contribution in [3.8, 4) is 0 Å². The number of halogens is 1. The van der Waals surface area contributed by atoms with Crippen LogP contribution in [0.3, 0.4) is 0 Å². The van der Waals surface area contributed by atoms with Crippen LogP contribution in [-0.2, 0) is 0 Å². The van der Waals surface area contributed by atoms with Gasteiger partial charge in [-0.05, 0) is 60.7 Å². The molecule has 0 bridgehead atoms. The molecule has 1 aromatic rings. The maximum Gasteiger partial charge on any atom is 0.0702 e. The van der Waals surface area contributed by atoms with Gasteiger partial charge >= 0.3 is 0 Å². The van der Waals surface area contributed by atoms with Crippen LogP contribution in [0, 0.1) is 5.92 Å². The van der Waals surface area contributed by atoms with E-state index in [4.69, 9.17) is 5.73 Å². The standard InChI is InChI=1S/C13H21BrN2S/c1-9(2)16(8-10-3-4-10)11(7-15)12-5-6-13(14)17-12/h5-6,9-11H,3-4,7-8,15H2,1-2H3. The number of rotatable bonds is 6. The van der Waals surface area contributed by atoms with Crippen molar-refractivity contribution in [3.05, 3.63) is 20.8 Å². The molecule has 0 radical (unpaired) electrons. The molecule has 1 aliphatic rings. The fraction of sp³-hybridized carbons (Fsp3) is 0.692. The van der Waals surface area contributed by atoms with Gasteiger partial charge in [-0.3, -0.25) is 4.90 Å². The Kier molecular flexibility index (Phi) is 4.64. The largest absolute Gasteiger partial charge is 0.329 e. The fourth-order valence-corrected chi connectivity index (χ4v) is 3.78. The molecule has 1 fully saturated rings. The average Bonchev–Trinajstić information content (AvgIpc) is 3.00. The summed E-state index contributed by atoms with van der Waals surface area (Å²) in [5.74, 6) is 0.912. The first kappa shape index (κ1) is 13.5. The van der Waals surface area contributed by atoms with Crippen LogP contribution in [0.1, 0.15) is 37.6 Å². The lowest BCUT2D eigenvalue weighted by molar-refractivity contribution is 0.152. The Hall–Kier alpha value is 0.1000. The molecule has 0 aliphatic heterocycles. The molecule has 2 rings (SSSR count). The molecule has 0 aromatic carbocycles. The van der Waals surface area contributed by atoms with Crippen molar-refractivity contribution in [1.82, 2.24) is 4.90 Å². The first-order valence-electron chi connectivity index (χ1n) is 6.33. The molecule has 4 heteroatoms. The molecule has 1 atom stereocenters. The van der Waals surface area contributed by atoms with E-state index in [1.165, 1.54) is 28.0 Å². The summed E-state index contributed by atoms with van der Waals surface area (Å²) < 4.78 is 1.20. The van der Waals surface area contributed by atoms with Crippen LogP contribution in [0.4, 0.5) is 0 Å². The van der Waals surface area contributed by atoms with Crippen molar-refractivity contribution in [3.63, 3.8) is 0 Å². The molecule has 2 nitrogen and oxygen atoms in total. The molecule has 2 N–H and O–H groups in total. The Morgan fingerprint density at radius 2 is 2.18 bits per heavy atom. The van der Waals surface area contributed by atoms with Gasteiger partial charge in [-0.15, -0.1) is 11.3 Å². The second-order valence-electron chi connectivity index (χ2n) is 5.13. The maximum atomic E-state index is 6.00. The van der Waals surface area contributed by atoms with Gasteiger partial charge in [-0.2, -0.15) is 0 Å². The number of hydrogen-bond acceptors (Lipinski definition) is 3. The van der Waals surface area contributed by atoms with Crippen molar-refractivity contribution >= 4 is 27.3 Å². The van der Waals surface area contributed by atoms with Crippen molar-refractivity contribution in [2.24, 2.45) is 11.7 Å². The highest BCUT2D eigenvalue weighted by atomic mass is 79.9. The van der Waals surface area contributed by atoms with E-state index in [1.54, 1.807) is 0 Å². The van der Waals surface area contributed by atoms with E-state index in [0.717, 1.165) is 5.92 Å². The summed E-state index contributed by atoms with van der Waals surface area (Å²) >= 11 is 5.35. The molecule has 0 saturated heterocycles. The van der Waals surface area contributed by atoms with Gasteiger partial charge in [0.25, 0.3) is 0 Å². The van der Waals surface area contributed by atoms with Crippen molar-refractivity contribution in [2.45, 2.75) is 38.8 Å². The quantitative estimate of drug-likeness (QED) is 0.868. The molecule has 96 valence electrons. The highest BCUT2D eigenvalue weighted by Crippen LogP contribution is 2.36. The van der Waals surface area contributed by atoms with Gasteiger partial charge in [0, 0.05) is 24.0 Å². The Bertz CT molecular complexity index is 360. The van der Waals surface area contributed by atoms with Gasteiger partial charge in [0.2, 0.25) is 0 Å². The third kappa shape index (κ3) is 3.53. The Balaban J connectivity index is 2.12. The lowest BCUT2D eigenvalue weighted by atomic mass is 10.1. The van der Waals surface area contributed by atoms with E-state index in [1.807, 2.05) is 11.3 Å². The van der Waals surface area contributed by atoms with E-state index in [9.17, 15) is 0 Å². The van der Waals surface area contributed by atoms with E-state index < -0.39 is 0 Å². The van der Waals surface area contributed by atoms with Crippen LogP contribution >= 0.6 is 27.3 Å². The lowest BCUT2D eigenvalue weighted by Gasteiger charge is -2.33. The zero-order valence-corrected chi connectivity index (χ0v) is 12.9. The van der Waals surface area contributed by atoms with E-state index >= 15 is 0 Å². The first-order valence-corrected chi connectivity index (χ1v) is 7.93. The van der Waals surface area contributed by atoms with Crippen LogP contribution in [-0.4, -0.2) is 24.0 Å². The normalized spacial score (nSPS) is 18.0. The highest BCUT2D eigenvalue weighted by Gasteiger charge is 2.30. The van der Waals surface area contributed by atoms with Crippen LogP contribution in [0.5, 0.6) is 0 Å². The Morgan fingerprint density at radius 3 is 2.59 bits per heavy atom. The summed E-state index contributed by atoms with van der Waals surface area (Å²) in [5.41, 5.74) is 6.00. The lowest BCUT2D eigenvalue weighted by Crippen LogP contribution is -2.39. The zero-order valence-electron chi connectivity index (χ0n) is 10.5. The van der Waals surface area contributed by atoms with Gasteiger partial charge in [-0.25, -0.2) is 0 Å². The summed E-state index contributed by atoms with van der Waals surface area (Å²) in [4.78, 5) is 3.95. The van der Waals surface area contributed by atoms with Crippen LogP contribution in [0.15, 0.2) is 15.9 Å². The average molecular weight is 317 g/mol. The van der Waals surface area contributed by atoms with Crippen molar-refractivity contribution < 1.29 is 0 Å². The Labute approximate surface area is 116 Å². The molecule has 1 aliphatic carbocycles. The van der Waals surface area contributed by atoms with Gasteiger partial charge in [0.15, 0.2) is 0 Å². The van der Waals surface area contributed by atoms with Crippen molar-refractivity contribution in [1.29, 1.82) is 0 Å². The molecule has 1 unspecified atom stereocenters. The summed E-state index contributed by atoms with van der Waals surface area (Å²) in [7, 11) is 0. The maximum absolute atomic E-state index is 6.00. The number of hydrogen-bond donors (Lipinski definition) is 1.